The van der Waals surface area contributed by atoms with Gasteiger partial charge in [-0.15, -0.1) is 0 Å². The maximum Gasteiger partial charge on any atom is 0.146 e. The Hall–Kier alpha value is -1.17. The largest absolute Gasteiger partial charge is 0.490 e. The Bertz CT molecular complexity index is 460. The molecule has 0 fully saturated rings. The van der Waals surface area contributed by atoms with E-state index < -0.39 is 6.17 Å². The van der Waals surface area contributed by atoms with Crippen LogP contribution in [0, 0.1) is 0 Å². The lowest BCUT2D eigenvalue weighted by Crippen LogP contribution is -2.22. The van der Waals surface area contributed by atoms with Gasteiger partial charge in [0.1, 0.15) is 18.5 Å². The van der Waals surface area contributed by atoms with Crippen LogP contribution in [0.1, 0.15) is 31.9 Å². The summed E-state index contributed by atoms with van der Waals surface area (Å²) in [6, 6.07) is 6.07. The van der Waals surface area contributed by atoms with Gasteiger partial charge in [-0.1, -0.05) is 26.8 Å². The molecule has 0 radical (unpaired) electrons. The molecular weight excluding hydrogens is 297 g/mol. The number of benzene rings is 1. The molecular formula is C18H30FNO3. The highest BCUT2D eigenvalue weighted by Gasteiger charge is 2.16. The molecule has 1 atom stereocenters. The van der Waals surface area contributed by atoms with Gasteiger partial charge in [0.15, 0.2) is 0 Å². The second-order valence-corrected chi connectivity index (χ2v) is 6.61. The number of halogens is 1. The molecule has 5 heteroatoms. The summed E-state index contributed by atoms with van der Waals surface area (Å²) in [5.74, 6) is 0.681. The fourth-order valence-electron chi connectivity index (χ4n) is 2.01. The molecule has 0 aliphatic carbocycles. The number of methoxy groups -OCH3 is 1. The number of nitrogens with two attached hydrogens (primary N) is 1. The Balaban J connectivity index is 2.75. The molecule has 132 valence electrons. The minimum atomic E-state index is -1.14. The molecule has 0 heterocycles. The lowest BCUT2D eigenvalue weighted by Gasteiger charge is -2.22. The summed E-state index contributed by atoms with van der Waals surface area (Å²) in [4.78, 5) is 0. The molecule has 4 nitrogen and oxygen atoms in total. The van der Waals surface area contributed by atoms with Gasteiger partial charge in [-0.25, -0.2) is 4.39 Å². The van der Waals surface area contributed by atoms with Gasteiger partial charge in [0.2, 0.25) is 0 Å². The summed E-state index contributed by atoms with van der Waals surface area (Å²) in [6.45, 7) is 8.17. The number of rotatable bonds is 10. The van der Waals surface area contributed by atoms with Gasteiger partial charge < -0.3 is 19.9 Å². The zero-order chi connectivity index (χ0) is 17.3. The van der Waals surface area contributed by atoms with Crippen molar-refractivity contribution in [3.63, 3.8) is 0 Å². The summed E-state index contributed by atoms with van der Waals surface area (Å²) in [7, 11) is 1.65. The van der Waals surface area contributed by atoms with Crippen LogP contribution in [0.25, 0.3) is 0 Å². The van der Waals surface area contributed by atoms with Crippen molar-refractivity contribution >= 4 is 0 Å². The zero-order valence-corrected chi connectivity index (χ0v) is 14.7. The van der Waals surface area contributed by atoms with E-state index in [1.165, 1.54) is 0 Å². The van der Waals surface area contributed by atoms with Crippen LogP contribution in [-0.2, 0) is 21.3 Å². The van der Waals surface area contributed by atoms with E-state index in [4.69, 9.17) is 19.9 Å². The van der Waals surface area contributed by atoms with E-state index >= 15 is 0 Å². The highest BCUT2D eigenvalue weighted by molar-refractivity contribution is 5.38. The molecule has 0 amide bonds. The smallest absolute Gasteiger partial charge is 0.146 e. The molecule has 0 spiro atoms. The summed E-state index contributed by atoms with van der Waals surface area (Å²) in [5.41, 5.74) is 7.56. The standard InChI is InChI=1S/C18H30FNO3/c1-18(2,3)15-9-14(5-6-22-8-7-21-4)10-17(11-15)23-13-16(19)12-20/h9-11,16H,5-8,12-13,20H2,1-4H3/t16-/m1/s1. The minimum Gasteiger partial charge on any atom is -0.490 e. The first kappa shape index (κ1) is 19.9. The quantitative estimate of drug-likeness (QED) is 0.672. The van der Waals surface area contributed by atoms with E-state index in [9.17, 15) is 4.39 Å². The molecule has 0 saturated heterocycles. The van der Waals surface area contributed by atoms with Gasteiger partial charge in [0.25, 0.3) is 0 Å². The van der Waals surface area contributed by atoms with E-state index in [1.54, 1.807) is 7.11 Å². The topological polar surface area (TPSA) is 53.7 Å². The number of ether oxygens (including phenoxy) is 3. The van der Waals surface area contributed by atoms with Crippen LogP contribution in [0.3, 0.4) is 0 Å². The van der Waals surface area contributed by atoms with Crippen molar-refractivity contribution in [2.75, 3.05) is 40.1 Å². The molecule has 2 N–H and O–H groups in total. The van der Waals surface area contributed by atoms with Crippen molar-refractivity contribution in [1.82, 2.24) is 0 Å². The van der Waals surface area contributed by atoms with Crippen LogP contribution in [0.15, 0.2) is 18.2 Å². The van der Waals surface area contributed by atoms with Gasteiger partial charge in [-0.2, -0.15) is 0 Å². The maximum atomic E-state index is 13.3. The number of alkyl halides is 1. The average Bonchev–Trinajstić information content (AvgIpc) is 2.51. The first-order valence-electron chi connectivity index (χ1n) is 8.05. The van der Waals surface area contributed by atoms with E-state index in [1.807, 2.05) is 12.1 Å². The predicted octanol–water partition coefficient (Wildman–Crippen LogP) is 2.87. The fourth-order valence-corrected chi connectivity index (χ4v) is 2.01. The Labute approximate surface area is 139 Å². The van der Waals surface area contributed by atoms with Gasteiger partial charge in [-0.05, 0) is 35.1 Å². The molecule has 23 heavy (non-hydrogen) atoms. The Morgan fingerprint density at radius 3 is 2.48 bits per heavy atom. The van der Waals surface area contributed by atoms with Crippen LogP contribution in [0.5, 0.6) is 5.75 Å². The van der Waals surface area contributed by atoms with Crippen molar-refractivity contribution in [2.45, 2.75) is 38.8 Å². The third kappa shape index (κ3) is 7.77. The van der Waals surface area contributed by atoms with E-state index in [-0.39, 0.29) is 18.6 Å². The summed E-state index contributed by atoms with van der Waals surface area (Å²) in [6.07, 6.45) is -0.367. The normalized spacial score (nSPS) is 13.1. The predicted molar refractivity (Wildman–Crippen MR) is 91.0 cm³/mol. The molecule has 1 aromatic carbocycles. The van der Waals surface area contributed by atoms with Crippen molar-refractivity contribution in [3.05, 3.63) is 29.3 Å². The molecule has 1 aromatic rings. The molecule has 0 unspecified atom stereocenters. The molecule has 0 aliphatic rings. The first-order valence-corrected chi connectivity index (χ1v) is 8.05. The second kappa shape index (κ2) is 9.85. The summed E-state index contributed by atoms with van der Waals surface area (Å²) >= 11 is 0. The van der Waals surface area contributed by atoms with Crippen LogP contribution < -0.4 is 10.5 Å². The third-order valence-electron chi connectivity index (χ3n) is 3.49. The van der Waals surface area contributed by atoms with Gasteiger partial charge in [0.05, 0.1) is 19.8 Å². The number of hydrogen-bond acceptors (Lipinski definition) is 4. The fraction of sp³-hybridized carbons (Fsp3) is 0.667. The summed E-state index contributed by atoms with van der Waals surface area (Å²) in [5, 5.41) is 0. The maximum absolute atomic E-state index is 13.3. The van der Waals surface area contributed by atoms with Crippen molar-refractivity contribution in [1.29, 1.82) is 0 Å². The highest BCUT2D eigenvalue weighted by atomic mass is 19.1. The molecule has 1 rings (SSSR count). The monoisotopic (exact) mass is 327 g/mol. The molecule has 0 aromatic heterocycles. The Kier molecular flexibility index (Phi) is 8.52. The van der Waals surface area contributed by atoms with Gasteiger partial charge >= 0.3 is 0 Å². The van der Waals surface area contributed by atoms with E-state index in [0.717, 1.165) is 17.5 Å². The Morgan fingerprint density at radius 2 is 1.87 bits per heavy atom. The molecule has 0 bridgehead atoms. The molecule has 0 saturated carbocycles. The SMILES string of the molecule is COCCOCCc1cc(OC[C@H](F)CN)cc(C(C)(C)C)c1. The molecule has 0 aliphatic heterocycles. The highest BCUT2D eigenvalue weighted by Crippen LogP contribution is 2.28. The van der Waals surface area contributed by atoms with Gasteiger partial charge in [-0.3, -0.25) is 0 Å². The zero-order valence-electron chi connectivity index (χ0n) is 14.7. The van der Waals surface area contributed by atoms with E-state index in [2.05, 4.69) is 26.8 Å². The first-order chi connectivity index (χ1) is 10.9. The lowest BCUT2D eigenvalue weighted by atomic mass is 9.85. The third-order valence-corrected chi connectivity index (χ3v) is 3.49. The van der Waals surface area contributed by atoms with Crippen molar-refractivity contribution < 1.29 is 18.6 Å². The average molecular weight is 327 g/mol. The van der Waals surface area contributed by atoms with Crippen LogP contribution in [-0.4, -0.2) is 46.3 Å². The van der Waals surface area contributed by atoms with Crippen molar-refractivity contribution in [2.24, 2.45) is 5.73 Å². The number of hydrogen-bond donors (Lipinski definition) is 1. The van der Waals surface area contributed by atoms with Crippen LogP contribution in [0.4, 0.5) is 4.39 Å². The second-order valence-electron chi connectivity index (χ2n) is 6.61. The van der Waals surface area contributed by atoms with Gasteiger partial charge in [0, 0.05) is 13.7 Å². The van der Waals surface area contributed by atoms with E-state index in [0.29, 0.717) is 25.6 Å². The Morgan fingerprint density at radius 1 is 1.13 bits per heavy atom. The summed E-state index contributed by atoms with van der Waals surface area (Å²) < 4.78 is 29.3. The lowest BCUT2D eigenvalue weighted by molar-refractivity contribution is 0.0722. The van der Waals surface area contributed by atoms with Crippen molar-refractivity contribution in [3.8, 4) is 5.75 Å². The minimum absolute atomic E-state index is 0.00594. The van der Waals surface area contributed by atoms with Crippen LogP contribution >= 0.6 is 0 Å². The van der Waals surface area contributed by atoms with Crippen LogP contribution in [0.2, 0.25) is 0 Å².